The molecule has 1 aliphatic carbocycles. The summed E-state index contributed by atoms with van der Waals surface area (Å²) in [4.78, 5) is 15.1. The van der Waals surface area contributed by atoms with Crippen LogP contribution in [0.4, 0.5) is 0 Å². The second-order valence-electron chi connectivity index (χ2n) is 6.12. The summed E-state index contributed by atoms with van der Waals surface area (Å²) in [5.41, 5.74) is 3.41. The average Bonchev–Trinajstić information content (AvgIpc) is 2.86. The van der Waals surface area contributed by atoms with Crippen LogP contribution in [0, 0.1) is 0 Å². The molecule has 0 aromatic carbocycles. The highest BCUT2D eigenvalue weighted by molar-refractivity contribution is 5.80. The van der Waals surface area contributed by atoms with Crippen LogP contribution < -0.4 is 5.56 Å². The molecule has 2 heterocycles. The fourth-order valence-electron chi connectivity index (χ4n) is 3.49. The minimum atomic E-state index is 0.184. The van der Waals surface area contributed by atoms with E-state index in [0.29, 0.717) is 6.67 Å². The number of aryl methyl sites for hydroxylation is 2. The van der Waals surface area contributed by atoms with Gasteiger partial charge in [-0.05, 0) is 51.3 Å². The third kappa shape index (κ3) is 2.39. The Bertz CT molecular complexity index is 713. The van der Waals surface area contributed by atoms with Gasteiger partial charge in [0.2, 0.25) is 0 Å². The predicted octanol–water partition coefficient (Wildman–Crippen LogP) is 1.91. The first-order chi connectivity index (χ1) is 10.1. The first-order valence-electron chi connectivity index (χ1n) is 7.88. The molecule has 0 fully saturated rings. The van der Waals surface area contributed by atoms with Crippen LogP contribution in [-0.2, 0) is 26.6 Å². The molecule has 3 rings (SSSR count). The van der Waals surface area contributed by atoms with Crippen molar-refractivity contribution in [3.8, 4) is 0 Å². The fraction of sp³-hybridized carbons (Fsp3) is 0.625. The van der Waals surface area contributed by atoms with E-state index in [1.54, 1.807) is 0 Å². The lowest BCUT2D eigenvalue weighted by Crippen LogP contribution is -2.34. The van der Waals surface area contributed by atoms with Crippen LogP contribution in [0.2, 0.25) is 0 Å². The number of rotatable bonds is 4. The van der Waals surface area contributed by atoms with E-state index in [-0.39, 0.29) is 5.56 Å². The predicted molar refractivity (Wildman–Crippen MR) is 84.5 cm³/mol. The third-order valence-electron chi connectivity index (χ3n) is 4.45. The third-order valence-corrected chi connectivity index (χ3v) is 4.45. The van der Waals surface area contributed by atoms with Gasteiger partial charge in [-0.1, -0.05) is 6.92 Å². The Morgan fingerprint density at radius 3 is 2.71 bits per heavy atom. The van der Waals surface area contributed by atoms with E-state index < -0.39 is 0 Å². The van der Waals surface area contributed by atoms with Crippen molar-refractivity contribution in [2.24, 2.45) is 7.05 Å². The Balaban J connectivity index is 2.20. The second-order valence-corrected chi connectivity index (χ2v) is 6.12. The van der Waals surface area contributed by atoms with Gasteiger partial charge in [-0.2, -0.15) is 5.10 Å². The molecule has 0 bridgehead atoms. The number of hydrogen-bond acceptors (Lipinski definition) is 3. The van der Waals surface area contributed by atoms with Gasteiger partial charge in [0.15, 0.2) is 0 Å². The van der Waals surface area contributed by atoms with Crippen LogP contribution in [0.25, 0.3) is 11.0 Å². The number of nitrogens with zero attached hydrogens (tertiary/aromatic N) is 4. The highest BCUT2D eigenvalue weighted by Crippen LogP contribution is 2.26. The number of pyridine rings is 1. The smallest absolute Gasteiger partial charge is 0.256 e. The Kier molecular flexibility index (Phi) is 3.85. The maximum atomic E-state index is 12.9. The van der Waals surface area contributed by atoms with Crippen LogP contribution >= 0.6 is 0 Å². The number of aromatic nitrogens is 3. The summed E-state index contributed by atoms with van der Waals surface area (Å²) in [7, 11) is 3.99. The van der Waals surface area contributed by atoms with Crippen molar-refractivity contribution in [1.29, 1.82) is 0 Å². The van der Waals surface area contributed by atoms with Crippen molar-refractivity contribution in [2.45, 2.75) is 45.7 Å². The Morgan fingerprint density at radius 1 is 1.29 bits per heavy atom. The van der Waals surface area contributed by atoms with Gasteiger partial charge in [-0.25, -0.2) is 0 Å². The van der Waals surface area contributed by atoms with E-state index in [9.17, 15) is 4.79 Å². The van der Waals surface area contributed by atoms with Gasteiger partial charge in [0.25, 0.3) is 5.56 Å². The van der Waals surface area contributed by atoms with E-state index in [1.807, 2.05) is 22.5 Å². The number of hydrogen-bond donors (Lipinski definition) is 0. The normalized spacial score (nSPS) is 14.9. The lowest BCUT2D eigenvalue weighted by Gasteiger charge is -2.22. The highest BCUT2D eigenvalue weighted by atomic mass is 16.1. The van der Waals surface area contributed by atoms with Crippen molar-refractivity contribution < 1.29 is 0 Å². The van der Waals surface area contributed by atoms with Gasteiger partial charge in [0.1, 0.15) is 5.65 Å². The molecule has 0 unspecified atom stereocenters. The zero-order valence-corrected chi connectivity index (χ0v) is 13.2. The van der Waals surface area contributed by atoms with Gasteiger partial charge >= 0.3 is 0 Å². The van der Waals surface area contributed by atoms with Crippen molar-refractivity contribution in [2.75, 3.05) is 13.6 Å². The molecule has 0 aliphatic heterocycles. The molecule has 0 spiro atoms. The van der Waals surface area contributed by atoms with Gasteiger partial charge in [0, 0.05) is 18.0 Å². The van der Waals surface area contributed by atoms with Gasteiger partial charge < -0.3 is 0 Å². The minimum absolute atomic E-state index is 0.184. The molecule has 2 aromatic rings. The van der Waals surface area contributed by atoms with Crippen molar-refractivity contribution in [1.82, 2.24) is 19.2 Å². The lowest BCUT2D eigenvalue weighted by atomic mass is 9.91. The van der Waals surface area contributed by atoms with Gasteiger partial charge in [-0.3, -0.25) is 18.9 Å². The zero-order chi connectivity index (χ0) is 15.0. The van der Waals surface area contributed by atoms with Crippen LogP contribution in [0.3, 0.4) is 0 Å². The molecule has 114 valence electrons. The zero-order valence-electron chi connectivity index (χ0n) is 13.2. The SMILES string of the molecule is CCCN(C)Cn1c(=O)c2c(c3cnn(C)c31)CCCC2. The molecule has 0 atom stereocenters. The molecule has 5 nitrogen and oxygen atoms in total. The topological polar surface area (TPSA) is 43.1 Å². The Morgan fingerprint density at radius 2 is 2.00 bits per heavy atom. The van der Waals surface area contributed by atoms with Crippen LogP contribution in [0.5, 0.6) is 0 Å². The van der Waals surface area contributed by atoms with E-state index in [1.165, 1.54) is 12.0 Å². The van der Waals surface area contributed by atoms with Crippen LogP contribution in [0.15, 0.2) is 11.0 Å². The van der Waals surface area contributed by atoms with Gasteiger partial charge in [0.05, 0.1) is 12.9 Å². The van der Waals surface area contributed by atoms with E-state index in [2.05, 4.69) is 24.0 Å². The standard InChI is InChI=1S/C16H24N4O/c1-4-9-18(2)11-20-15-14(10-17-19(15)3)12-7-5-6-8-13(12)16(20)21/h10H,4-9,11H2,1-3H3. The first-order valence-corrected chi connectivity index (χ1v) is 7.88. The molecule has 0 amide bonds. The van der Waals surface area contributed by atoms with E-state index in [4.69, 9.17) is 0 Å². The maximum Gasteiger partial charge on any atom is 0.256 e. The summed E-state index contributed by atoms with van der Waals surface area (Å²) in [5.74, 6) is 0. The van der Waals surface area contributed by atoms with Crippen molar-refractivity contribution in [3.63, 3.8) is 0 Å². The van der Waals surface area contributed by atoms with Crippen LogP contribution in [0.1, 0.15) is 37.3 Å². The lowest BCUT2D eigenvalue weighted by molar-refractivity contribution is 0.267. The maximum absolute atomic E-state index is 12.9. The van der Waals surface area contributed by atoms with Gasteiger partial charge in [-0.15, -0.1) is 0 Å². The molecule has 2 aromatic heterocycles. The molecule has 5 heteroatoms. The molecular formula is C16H24N4O. The Hall–Kier alpha value is -1.62. The highest BCUT2D eigenvalue weighted by Gasteiger charge is 2.21. The average molecular weight is 288 g/mol. The Labute approximate surface area is 125 Å². The number of fused-ring (bicyclic) bond motifs is 3. The molecule has 0 saturated carbocycles. The van der Waals surface area contributed by atoms with E-state index in [0.717, 1.165) is 48.8 Å². The summed E-state index contributed by atoms with van der Waals surface area (Å²) in [6.45, 7) is 3.78. The van der Waals surface area contributed by atoms with Crippen LogP contribution in [-0.4, -0.2) is 32.8 Å². The summed E-state index contributed by atoms with van der Waals surface area (Å²) < 4.78 is 3.74. The quantitative estimate of drug-likeness (QED) is 0.863. The minimum Gasteiger partial charge on any atom is -0.289 e. The van der Waals surface area contributed by atoms with Crippen molar-refractivity contribution in [3.05, 3.63) is 27.7 Å². The molecule has 0 N–H and O–H groups in total. The molecule has 1 aliphatic rings. The second kappa shape index (κ2) is 5.64. The first kappa shape index (κ1) is 14.3. The summed E-state index contributed by atoms with van der Waals surface area (Å²) in [6, 6.07) is 0. The monoisotopic (exact) mass is 288 g/mol. The summed E-state index contributed by atoms with van der Waals surface area (Å²) in [5, 5.41) is 5.56. The summed E-state index contributed by atoms with van der Waals surface area (Å²) >= 11 is 0. The fourth-order valence-corrected chi connectivity index (χ4v) is 3.49. The van der Waals surface area contributed by atoms with E-state index >= 15 is 0 Å². The summed E-state index contributed by atoms with van der Waals surface area (Å²) in [6.07, 6.45) is 7.24. The molecule has 21 heavy (non-hydrogen) atoms. The molecule has 0 radical (unpaired) electrons. The largest absolute Gasteiger partial charge is 0.289 e. The van der Waals surface area contributed by atoms with Crippen molar-refractivity contribution >= 4 is 11.0 Å². The molecular weight excluding hydrogens is 264 g/mol. The molecule has 0 saturated heterocycles.